The number of benzene rings is 3. The second-order valence-electron chi connectivity index (χ2n) is 13.9. The van der Waals surface area contributed by atoms with E-state index in [4.69, 9.17) is 9.47 Å². The van der Waals surface area contributed by atoms with Crippen LogP contribution in [0.25, 0.3) is 0 Å². The van der Waals surface area contributed by atoms with Crippen molar-refractivity contribution < 1.29 is 33.8 Å². The van der Waals surface area contributed by atoms with Gasteiger partial charge in [0.25, 0.3) is 0 Å². The molecule has 0 aliphatic rings. The lowest BCUT2D eigenvalue weighted by Crippen LogP contribution is -2.55. The lowest BCUT2D eigenvalue weighted by molar-refractivity contribution is -0.159. The number of aryl methyl sites for hydroxylation is 1. The number of aromatic hydroxyl groups is 1. The maximum atomic E-state index is 14.6. The van der Waals surface area contributed by atoms with Gasteiger partial charge in [0.1, 0.15) is 35.1 Å². The zero-order chi connectivity index (χ0) is 36.4. The number of nitrogens with zero attached hydrogens (tertiary/aromatic N) is 1. The highest BCUT2D eigenvalue weighted by molar-refractivity contribution is 5.94. The average molecular weight is 672 g/mol. The minimum absolute atomic E-state index is 0.0305. The van der Waals surface area contributed by atoms with Crippen LogP contribution in [-0.4, -0.2) is 63.7 Å². The average Bonchev–Trinajstić information content (AvgIpc) is 3.00. The van der Waals surface area contributed by atoms with Crippen molar-refractivity contribution in [3.8, 4) is 5.75 Å². The van der Waals surface area contributed by atoms with Crippen molar-refractivity contribution in [3.63, 3.8) is 0 Å². The molecule has 3 atom stereocenters. The maximum Gasteiger partial charge on any atom is 0.408 e. The summed E-state index contributed by atoms with van der Waals surface area (Å²) in [7, 11) is 0. The minimum atomic E-state index is -1.23. The number of nitrogens with one attached hydrogen (secondary N) is 2. The fourth-order valence-corrected chi connectivity index (χ4v) is 5.07. The number of phenols is 1. The molecule has 3 rings (SSSR count). The minimum Gasteiger partial charge on any atom is -0.508 e. The normalized spacial score (nSPS) is 13.3. The fourth-order valence-electron chi connectivity index (χ4n) is 5.07. The Hall–Kier alpha value is -5.12. The molecule has 3 unspecified atom stereocenters. The molecular weight excluding hydrogens is 622 g/mol. The van der Waals surface area contributed by atoms with Gasteiger partial charge >= 0.3 is 12.1 Å². The van der Waals surface area contributed by atoms with Gasteiger partial charge < -0.3 is 30.1 Å². The van der Waals surface area contributed by atoms with Crippen LogP contribution in [0.15, 0.2) is 91.5 Å². The highest BCUT2D eigenvalue weighted by atomic mass is 16.6. The standard InChI is InChI=1S/C39H49N3O7/c1-9-23-42(35(45)31(41-37(47)49-39(6,7)8)24-28-17-21-30(43)22-18-28)33(29-19-15-26(2)16-20-29)34(44)40-32(36(46)48-38(3,4)5)25-27-13-11-10-12-14-27/h9-22,31-33,43H,1,23-25H2,2-8H3,(H,40,44)(H,41,47). The monoisotopic (exact) mass is 671 g/mol. The summed E-state index contributed by atoms with van der Waals surface area (Å²) in [5, 5.41) is 15.4. The zero-order valence-electron chi connectivity index (χ0n) is 29.5. The summed E-state index contributed by atoms with van der Waals surface area (Å²) in [6, 6.07) is 19.2. The molecule has 0 aromatic heterocycles. The number of rotatable bonds is 13. The maximum absolute atomic E-state index is 14.6. The van der Waals surface area contributed by atoms with E-state index < -0.39 is 53.2 Å². The van der Waals surface area contributed by atoms with Crippen molar-refractivity contribution in [2.45, 2.75) is 90.6 Å². The van der Waals surface area contributed by atoms with Crippen molar-refractivity contribution in [3.05, 3.63) is 114 Å². The van der Waals surface area contributed by atoms with Crippen LogP contribution in [0, 0.1) is 6.92 Å². The first-order chi connectivity index (χ1) is 23.0. The molecule has 3 aromatic rings. The number of amides is 3. The molecule has 262 valence electrons. The van der Waals surface area contributed by atoms with E-state index in [9.17, 15) is 24.3 Å². The third-order valence-corrected chi connectivity index (χ3v) is 7.22. The Morgan fingerprint density at radius 3 is 1.88 bits per heavy atom. The molecule has 0 fully saturated rings. The summed E-state index contributed by atoms with van der Waals surface area (Å²) in [4.78, 5) is 56.9. The van der Waals surface area contributed by atoms with Crippen molar-refractivity contribution in [2.75, 3.05) is 6.54 Å². The molecule has 0 bridgehead atoms. The molecule has 0 radical (unpaired) electrons. The molecule has 3 N–H and O–H groups in total. The van der Waals surface area contributed by atoms with Crippen LogP contribution < -0.4 is 10.6 Å². The summed E-state index contributed by atoms with van der Waals surface area (Å²) in [5.41, 5.74) is 1.23. The molecule has 3 amide bonds. The van der Waals surface area contributed by atoms with Crippen molar-refractivity contribution in [1.29, 1.82) is 0 Å². The number of esters is 1. The van der Waals surface area contributed by atoms with Crippen LogP contribution in [0.5, 0.6) is 5.75 Å². The molecule has 0 heterocycles. The second kappa shape index (κ2) is 16.8. The Balaban J connectivity index is 2.08. The number of carbonyl (C=O) groups is 4. The molecule has 0 spiro atoms. The van der Waals surface area contributed by atoms with E-state index in [0.29, 0.717) is 11.1 Å². The molecule has 0 aliphatic heterocycles. The largest absolute Gasteiger partial charge is 0.508 e. The first-order valence-electron chi connectivity index (χ1n) is 16.3. The van der Waals surface area contributed by atoms with Crippen molar-refractivity contribution in [1.82, 2.24) is 15.5 Å². The molecule has 3 aromatic carbocycles. The van der Waals surface area contributed by atoms with Gasteiger partial charge in [0, 0.05) is 19.4 Å². The van der Waals surface area contributed by atoms with Gasteiger partial charge in [-0.15, -0.1) is 6.58 Å². The summed E-state index contributed by atoms with van der Waals surface area (Å²) in [5.74, 6) is -1.78. The number of phenolic OH excluding ortho intramolecular Hbond substituents is 1. The number of carbonyl (C=O) groups excluding carboxylic acids is 4. The van der Waals surface area contributed by atoms with Gasteiger partial charge in [-0.05, 0) is 77.3 Å². The van der Waals surface area contributed by atoms with E-state index >= 15 is 0 Å². The van der Waals surface area contributed by atoms with E-state index in [1.165, 1.54) is 23.1 Å². The van der Waals surface area contributed by atoms with Gasteiger partial charge in [-0.2, -0.15) is 0 Å². The highest BCUT2D eigenvalue weighted by Crippen LogP contribution is 2.25. The third-order valence-electron chi connectivity index (χ3n) is 7.22. The van der Waals surface area contributed by atoms with E-state index in [2.05, 4.69) is 17.2 Å². The summed E-state index contributed by atoms with van der Waals surface area (Å²) in [6.07, 6.45) is 0.865. The Labute approximate surface area is 289 Å². The lowest BCUT2D eigenvalue weighted by atomic mass is 9.98. The Bertz CT molecular complexity index is 1570. The number of hydrogen-bond acceptors (Lipinski definition) is 7. The van der Waals surface area contributed by atoms with E-state index in [0.717, 1.165) is 11.1 Å². The lowest BCUT2D eigenvalue weighted by Gasteiger charge is -2.35. The summed E-state index contributed by atoms with van der Waals surface area (Å²) in [6.45, 7) is 16.1. The Kier molecular flexibility index (Phi) is 13.2. The predicted octanol–water partition coefficient (Wildman–Crippen LogP) is 5.96. The van der Waals surface area contributed by atoms with Crippen LogP contribution in [0.4, 0.5) is 4.79 Å². The Morgan fingerprint density at radius 1 is 0.776 bits per heavy atom. The van der Waals surface area contributed by atoms with Gasteiger partial charge in [-0.3, -0.25) is 9.59 Å². The quantitative estimate of drug-likeness (QED) is 0.151. The van der Waals surface area contributed by atoms with Crippen LogP contribution in [0.1, 0.15) is 69.8 Å². The molecule has 10 heteroatoms. The van der Waals surface area contributed by atoms with Gasteiger partial charge in [0.15, 0.2) is 0 Å². The summed E-state index contributed by atoms with van der Waals surface area (Å²) < 4.78 is 11.2. The number of alkyl carbamates (subject to hydrolysis) is 1. The van der Waals surface area contributed by atoms with Crippen LogP contribution in [-0.2, 0) is 36.7 Å². The predicted molar refractivity (Wildman–Crippen MR) is 189 cm³/mol. The molecular formula is C39H49N3O7. The van der Waals surface area contributed by atoms with E-state index in [1.54, 1.807) is 65.8 Å². The number of hydrogen-bond donors (Lipinski definition) is 3. The second-order valence-corrected chi connectivity index (χ2v) is 13.9. The van der Waals surface area contributed by atoms with Crippen molar-refractivity contribution in [2.24, 2.45) is 0 Å². The molecule has 0 aliphatic carbocycles. The van der Waals surface area contributed by atoms with Crippen LogP contribution in [0.2, 0.25) is 0 Å². The van der Waals surface area contributed by atoms with Gasteiger partial charge in [0.2, 0.25) is 11.8 Å². The van der Waals surface area contributed by atoms with Crippen LogP contribution >= 0.6 is 0 Å². The smallest absolute Gasteiger partial charge is 0.408 e. The van der Waals surface area contributed by atoms with Crippen molar-refractivity contribution >= 4 is 23.9 Å². The SMILES string of the molecule is C=CCN(C(=O)C(Cc1ccc(O)cc1)NC(=O)OC(C)(C)C)C(C(=O)NC(Cc1ccccc1)C(=O)OC(C)(C)C)c1ccc(C)cc1. The summed E-state index contributed by atoms with van der Waals surface area (Å²) >= 11 is 0. The van der Waals surface area contributed by atoms with Gasteiger partial charge in [0.05, 0.1) is 0 Å². The van der Waals surface area contributed by atoms with E-state index in [-0.39, 0.29) is 25.1 Å². The van der Waals surface area contributed by atoms with Crippen LogP contribution in [0.3, 0.4) is 0 Å². The topological polar surface area (TPSA) is 134 Å². The number of ether oxygens (including phenoxy) is 2. The highest BCUT2D eigenvalue weighted by Gasteiger charge is 2.38. The van der Waals surface area contributed by atoms with Gasteiger partial charge in [-0.25, -0.2) is 9.59 Å². The molecule has 0 saturated heterocycles. The first kappa shape index (κ1) is 38.3. The Morgan fingerprint density at radius 2 is 1.33 bits per heavy atom. The third kappa shape index (κ3) is 12.4. The molecule has 49 heavy (non-hydrogen) atoms. The molecule has 10 nitrogen and oxygen atoms in total. The zero-order valence-corrected chi connectivity index (χ0v) is 29.5. The van der Waals surface area contributed by atoms with E-state index in [1.807, 2.05) is 49.4 Å². The molecule has 0 saturated carbocycles. The first-order valence-corrected chi connectivity index (χ1v) is 16.3. The van der Waals surface area contributed by atoms with Gasteiger partial charge in [-0.1, -0.05) is 78.4 Å². The fraction of sp³-hybridized carbons (Fsp3) is 0.385.